The molecular formula is C15H13F2NO2S. The Morgan fingerprint density at radius 3 is 2.48 bits per heavy atom. The van der Waals surface area contributed by atoms with Crippen molar-refractivity contribution in [1.29, 1.82) is 0 Å². The molecule has 0 fully saturated rings. The Balaban J connectivity index is 1.87. The molecule has 3 nitrogen and oxygen atoms in total. The van der Waals surface area contributed by atoms with Crippen LogP contribution in [0.2, 0.25) is 0 Å². The number of thioether (sulfide) groups is 1. The molecule has 0 spiro atoms. The van der Waals surface area contributed by atoms with Crippen LogP contribution in [0, 0.1) is 11.6 Å². The highest BCUT2D eigenvalue weighted by molar-refractivity contribution is 8.00. The zero-order chi connectivity index (χ0) is 15.2. The molecule has 0 aromatic heterocycles. The lowest BCUT2D eigenvalue weighted by Crippen LogP contribution is -2.13. The van der Waals surface area contributed by atoms with E-state index in [0.29, 0.717) is 16.3 Å². The number of carbonyl (C=O) groups excluding carboxylic acids is 1. The van der Waals surface area contributed by atoms with Crippen LogP contribution < -0.4 is 10.1 Å². The molecule has 0 saturated heterocycles. The molecule has 110 valence electrons. The summed E-state index contributed by atoms with van der Waals surface area (Å²) in [6, 6.07) is 10.5. The van der Waals surface area contributed by atoms with Crippen LogP contribution in [-0.4, -0.2) is 18.8 Å². The van der Waals surface area contributed by atoms with Gasteiger partial charge >= 0.3 is 0 Å². The Morgan fingerprint density at radius 2 is 1.86 bits per heavy atom. The summed E-state index contributed by atoms with van der Waals surface area (Å²) in [5, 5.41) is 2.71. The number of ether oxygens (including phenoxy) is 1. The molecule has 2 aromatic carbocycles. The standard InChI is InChI=1S/C15H13F2NO2S/c1-20-11-4-2-10(3-5-11)18-15(19)9-21-12-6-7-13(16)14(17)8-12/h2-8H,9H2,1H3,(H,18,19). The number of benzene rings is 2. The van der Waals surface area contributed by atoms with E-state index in [1.165, 1.54) is 6.07 Å². The van der Waals surface area contributed by atoms with Gasteiger partial charge in [0.05, 0.1) is 12.9 Å². The molecule has 2 rings (SSSR count). The lowest BCUT2D eigenvalue weighted by molar-refractivity contribution is -0.113. The van der Waals surface area contributed by atoms with E-state index in [2.05, 4.69) is 5.32 Å². The fourth-order valence-corrected chi connectivity index (χ4v) is 2.31. The normalized spacial score (nSPS) is 10.2. The number of methoxy groups -OCH3 is 1. The average Bonchev–Trinajstić information content (AvgIpc) is 2.49. The minimum absolute atomic E-state index is 0.108. The Bertz CT molecular complexity index is 632. The Labute approximate surface area is 125 Å². The van der Waals surface area contributed by atoms with Crippen LogP contribution in [0.25, 0.3) is 0 Å². The second-order valence-corrected chi connectivity index (χ2v) is 5.19. The molecule has 0 aliphatic rings. The number of halogens is 2. The van der Waals surface area contributed by atoms with Gasteiger partial charge in [-0.15, -0.1) is 11.8 Å². The fourth-order valence-electron chi connectivity index (χ4n) is 1.59. The van der Waals surface area contributed by atoms with Crippen LogP contribution in [-0.2, 0) is 4.79 Å². The fraction of sp³-hybridized carbons (Fsp3) is 0.133. The van der Waals surface area contributed by atoms with E-state index >= 15 is 0 Å². The number of hydrogen-bond acceptors (Lipinski definition) is 3. The maximum Gasteiger partial charge on any atom is 0.234 e. The molecule has 2 aromatic rings. The lowest BCUT2D eigenvalue weighted by Gasteiger charge is -2.06. The first-order valence-corrected chi connectivity index (χ1v) is 7.09. The monoisotopic (exact) mass is 309 g/mol. The largest absolute Gasteiger partial charge is 0.497 e. The van der Waals surface area contributed by atoms with Crippen LogP contribution in [0.1, 0.15) is 0 Å². The topological polar surface area (TPSA) is 38.3 Å². The predicted molar refractivity (Wildman–Crippen MR) is 78.7 cm³/mol. The van der Waals surface area contributed by atoms with Crippen molar-refractivity contribution in [3.8, 4) is 5.75 Å². The van der Waals surface area contributed by atoms with Gasteiger partial charge in [-0.05, 0) is 42.5 Å². The van der Waals surface area contributed by atoms with Crippen molar-refractivity contribution in [3.63, 3.8) is 0 Å². The molecule has 0 bridgehead atoms. The smallest absolute Gasteiger partial charge is 0.234 e. The van der Waals surface area contributed by atoms with Crippen molar-refractivity contribution in [2.24, 2.45) is 0 Å². The highest BCUT2D eigenvalue weighted by atomic mass is 32.2. The first-order valence-electron chi connectivity index (χ1n) is 6.10. The van der Waals surface area contributed by atoms with E-state index < -0.39 is 11.6 Å². The van der Waals surface area contributed by atoms with E-state index in [1.54, 1.807) is 31.4 Å². The summed E-state index contributed by atoms with van der Waals surface area (Å²) < 4.78 is 30.8. The zero-order valence-corrected chi connectivity index (χ0v) is 12.0. The first-order chi connectivity index (χ1) is 10.1. The molecule has 21 heavy (non-hydrogen) atoms. The molecule has 0 atom stereocenters. The van der Waals surface area contributed by atoms with Gasteiger partial charge in [-0.25, -0.2) is 8.78 Å². The van der Waals surface area contributed by atoms with Crippen LogP contribution in [0.5, 0.6) is 5.75 Å². The molecule has 1 amide bonds. The maximum absolute atomic E-state index is 13.0. The van der Waals surface area contributed by atoms with Crippen molar-refractivity contribution >= 4 is 23.4 Å². The van der Waals surface area contributed by atoms with Crippen LogP contribution in [0.15, 0.2) is 47.4 Å². The van der Waals surface area contributed by atoms with Gasteiger partial charge in [0.2, 0.25) is 5.91 Å². The van der Waals surface area contributed by atoms with E-state index in [4.69, 9.17) is 4.74 Å². The summed E-state index contributed by atoms with van der Waals surface area (Å²) in [5.41, 5.74) is 0.645. The van der Waals surface area contributed by atoms with Gasteiger partial charge in [-0.3, -0.25) is 4.79 Å². The van der Waals surface area contributed by atoms with E-state index in [9.17, 15) is 13.6 Å². The van der Waals surface area contributed by atoms with Crippen molar-refractivity contribution in [2.75, 3.05) is 18.2 Å². The summed E-state index contributed by atoms with van der Waals surface area (Å²) in [4.78, 5) is 12.3. The Morgan fingerprint density at radius 1 is 1.14 bits per heavy atom. The highest BCUT2D eigenvalue weighted by Gasteiger charge is 2.07. The number of nitrogens with one attached hydrogen (secondary N) is 1. The molecule has 0 heterocycles. The van der Waals surface area contributed by atoms with Gasteiger partial charge in [0, 0.05) is 10.6 Å². The number of hydrogen-bond donors (Lipinski definition) is 1. The molecule has 0 saturated carbocycles. The average molecular weight is 309 g/mol. The van der Waals surface area contributed by atoms with Crippen molar-refractivity contribution < 1.29 is 18.3 Å². The van der Waals surface area contributed by atoms with E-state index in [0.717, 1.165) is 23.9 Å². The summed E-state index contributed by atoms with van der Waals surface area (Å²) >= 11 is 1.13. The third-order valence-electron chi connectivity index (χ3n) is 2.63. The number of carbonyl (C=O) groups is 1. The molecule has 0 radical (unpaired) electrons. The Hall–Kier alpha value is -2.08. The molecule has 1 N–H and O–H groups in total. The quantitative estimate of drug-likeness (QED) is 0.856. The van der Waals surface area contributed by atoms with Gasteiger partial charge in [-0.1, -0.05) is 0 Å². The predicted octanol–water partition coefficient (Wildman–Crippen LogP) is 3.70. The van der Waals surface area contributed by atoms with Crippen LogP contribution in [0.4, 0.5) is 14.5 Å². The third-order valence-corrected chi connectivity index (χ3v) is 3.63. The summed E-state index contributed by atoms with van der Waals surface area (Å²) in [5.74, 6) is -1.24. The number of rotatable bonds is 5. The van der Waals surface area contributed by atoms with Crippen LogP contribution in [0.3, 0.4) is 0 Å². The number of anilines is 1. The maximum atomic E-state index is 13.0. The van der Waals surface area contributed by atoms with Gasteiger partial charge in [0.1, 0.15) is 5.75 Å². The lowest BCUT2D eigenvalue weighted by atomic mass is 10.3. The van der Waals surface area contributed by atoms with Gasteiger partial charge in [-0.2, -0.15) is 0 Å². The minimum Gasteiger partial charge on any atom is -0.497 e. The highest BCUT2D eigenvalue weighted by Crippen LogP contribution is 2.21. The number of amides is 1. The van der Waals surface area contributed by atoms with Crippen LogP contribution >= 0.6 is 11.8 Å². The first kappa shape index (κ1) is 15.3. The van der Waals surface area contributed by atoms with Crippen molar-refractivity contribution in [3.05, 3.63) is 54.1 Å². The SMILES string of the molecule is COc1ccc(NC(=O)CSc2ccc(F)c(F)c2)cc1. The van der Waals surface area contributed by atoms with Crippen molar-refractivity contribution in [1.82, 2.24) is 0 Å². The molecular weight excluding hydrogens is 296 g/mol. The van der Waals surface area contributed by atoms with Crippen molar-refractivity contribution in [2.45, 2.75) is 4.90 Å². The second-order valence-electron chi connectivity index (χ2n) is 4.14. The second kappa shape index (κ2) is 7.08. The zero-order valence-electron chi connectivity index (χ0n) is 11.2. The van der Waals surface area contributed by atoms with Gasteiger partial charge in [0.15, 0.2) is 11.6 Å². The summed E-state index contributed by atoms with van der Waals surface area (Å²) in [7, 11) is 1.56. The minimum atomic E-state index is -0.921. The van der Waals surface area contributed by atoms with Gasteiger partial charge in [0.25, 0.3) is 0 Å². The molecule has 0 aliphatic carbocycles. The van der Waals surface area contributed by atoms with Gasteiger partial charge < -0.3 is 10.1 Å². The molecule has 6 heteroatoms. The summed E-state index contributed by atoms with van der Waals surface area (Å²) in [6.45, 7) is 0. The molecule has 0 aliphatic heterocycles. The molecule has 0 unspecified atom stereocenters. The third kappa shape index (κ3) is 4.46. The Kier molecular flexibility index (Phi) is 5.16. The van der Waals surface area contributed by atoms with E-state index in [1.807, 2.05) is 0 Å². The summed E-state index contributed by atoms with van der Waals surface area (Å²) in [6.07, 6.45) is 0. The van der Waals surface area contributed by atoms with E-state index in [-0.39, 0.29) is 11.7 Å².